The van der Waals surface area contributed by atoms with Crippen LogP contribution in [0.1, 0.15) is 0 Å². The van der Waals surface area contributed by atoms with Gasteiger partial charge in [0.1, 0.15) is 13.1 Å². The number of rotatable bonds is 0. The van der Waals surface area contributed by atoms with Crippen molar-refractivity contribution >= 4 is 23.7 Å². The van der Waals surface area contributed by atoms with Gasteiger partial charge in [0.05, 0.1) is 7.11 Å². The highest BCUT2D eigenvalue weighted by Crippen LogP contribution is 1.96. The van der Waals surface area contributed by atoms with Gasteiger partial charge in [0.15, 0.2) is 0 Å². The first-order chi connectivity index (χ1) is 6.54. The summed E-state index contributed by atoms with van der Waals surface area (Å²) in [7, 11) is 1.05. The summed E-state index contributed by atoms with van der Waals surface area (Å²) in [6.07, 6.45) is 0. The van der Waals surface area contributed by atoms with Crippen LogP contribution >= 0.6 is 0 Å². The van der Waals surface area contributed by atoms with Crippen molar-refractivity contribution in [3.63, 3.8) is 0 Å². The molecule has 0 spiro atoms. The van der Waals surface area contributed by atoms with E-state index in [4.69, 9.17) is 0 Å². The van der Waals surface area contributed by atoms with Gasteiger partial charge in [0.25, 0.3) is 0 Å². The molecule has 1 rings (SSSR count). The van der Waals surface area contributed by atoms with E-state index < -0.39 is 23.7 Å². The van der Waals surface area contributed by atoms with Gasteiger partial charge in [0, 0.05) is 0 Å². The number of imide groups is 1. The highest BCUT2D eigenvalue weighted by molar-refractivity contribution is 6.33. The van der Waals surface area contributed by atoms with Gasteiger partial charge in [-0.15, -0.1) is 0 Å². The van der Waals surface area contributed by atoms with Crippen molar-refractivity contribution in [2.75, 3.05) is 20.2 Å². The largest absolute Gasteiger partial charge is 0.462 e. The summed E-state index contributed by atoms with van der Waals surface area (Å²) in [5.41, 5.74) is 0. The summed E-state index contributed by atoms with van der Waals surface area (Å²) in [5.74, 6) is -3.31. The fourth-order valence-corrected chi connectivity index (χ4v) is 0.997. The second-order valence-electron chi connectivity index (χ2n) is 2.62. The Bertz CT molecular complexity index is 295. The lowest BCUT2D eigenvalue weighted by molar-refractivity contribution is -0.160. The lowest BCUT2D eigenvalue weighted by Gasteiger charge is -2.23. The zero-order valence-electron chi connectivity index (χ0n) is 7.40. The van der Waals surface area contributed by atoms with Crippen LogP contribution in [0.4, 0.5) is 0 Å². The number of carbonyl (C=O) groups excluding carboxylic acids is 4. The number of carbonyl (C=O) groups is 4. The molecule has 0 aromatic rings. The smallest absolute Gasteiger partial charge is 0.396 e. The molecule has 0 aromatic heterocycles. The maximum atomic E-state index is 11.1. The van der Waals surface area contributed by atoms with Crippen LogP contribution in [0.2, 0.25) is 0 Å². The predicted octanol–water partition coefficient (Wildman–Crippen LogP) is -2.36. The molecule has 1 fully saturated rings. The number of esters is 1. The third-order valence-corrected chi connectivity index (χ3v) is 1.60. The molecule has 1 saturated heterocycles. The van der Waals surface area contributed by atoms with Gasteiger partial charge in [-0.25, -0.2) is 4.79 Å². The molecule has 0 bridgehead atoms. The average molecular weight is 200 g/mol. The Kier molecular flexibility index (Phi) is 2.80. The zero-order valence-corrected chi connectivity index (χ0v) is 7.40. The van der Waals surface area contributed by atoms with E-state index in [0.717, 1.165) is 12.0 Å². The van der Waals surface area contributed by atoms with Crippen molar-refractivity contribution in [1.29, 1.82) is 0 Å². The second-order valence-corrected chi connectivity index (χ2v) is 2.62. The number of amides is 3. The van der Waals surface area contributed by atoms with Crippen molar-refractivity contribution in [2.45, 2.75) is 0 Å². The van der Waals surface area contributed by atoms with Crippen molar-refractivity contribution in [2.24, 2.45) is 0 Å². The summed E-state index contributed by atoms with van der Waals surface area (Å²) >= 11 is 0. The molecular formula is C7H8N2O5. The van der Waals surface area contributed by atoms with Crippen LogP contribution in [0.15, 0.2) is 0 Å². The van der Waals surface area contributed by atoms with Gasteiger partial charge >= 0.3 is 11.9 Å². The first kappa shape index (κ1) is 10.2. The lowest BCUT2D eigenvalue weighted by Crippen LogP contribution is -2.54. The molecule has 0 radical (unpaired) electrons. The van der Waals surface area contributed by atoms with E-state index in [0.29, 0.717) is 0 Å². The molecular weight excluding hydrogens is 192 g/mol. The van der Waals surface area contributed by atoms with Crippen LogP contribution in [0, 0.1) is 0 Å². The number of methoxy groups -OCH3 is 1. The molecule has 1 aliphatic rings. The Morgan fingerprint density at radius 3 is 2.21 bits per heavy atom. The molecule has 14 heavy (non-hydrogen) atoms. The number of hydrogen-bond acceptors (Lipinski definition) is 5. The molecule has 0 unspecified atom stereocenters. The van der Waals surface area contributed by atoms with Crippen LogP contribution in [0.5, 0.6) is 0 Å². The van der Waals surface area contributed by atoms with Crippen molar-refractivity contribution in [1.82, 2.24) is 10.2 Å². The van der Waals surface area contributed by atoms with Gasteiger partial charge in [-0.1, -0.05) is 0 Å². The topological polar surface area (TPSA) is 92.8 Å². The number of ether oxygens (including phenoxy) is 1. The Morgan fingerprint density at radius 1 is 1.29 bits per heavy atom. The van der Waals surface area contributed by atoms with Gasteiger partial charge in [-0.2, -0.15) is 0 Å². The highest BCUT2D eigenvalue weighted by Gasteiger charge is 2.30. The first-order valence-electron chi connectivity index (χ1n) is 3.74. The van der Waals surface area contributed by atoms with Crippen LogP contribution < -0.4 is 5.32 Å². The number of hydrogen-bond donors (Lipinski definition) is 1. The van der Waals surface area contributed by atoms with E-state index in [9.17, 15) is 19.2 Å². The molecule has 1 N–H and O–H groups in total. The minimum atomic E-state index is -1.09. The third kappa shape index (κ3) is 2.06. The van der Waals surface area contributed by atoms with Crippen molar-refractivity contribution in [3.05, 3.63) is 0 Å². The van der Waals surface area contributed by atoms with E-state index in [1.54, 1.807) is 0 Å². The summed E-state index contributed by atoms with van der Waals surface area (Å²) in [6.45, 7) is -0.612. The Morgan fingerprint density at radius 2 is 1.79 bits per heavy atom. The van der Waals surface area contributed by atoms with Gasteiger partial charge in [-0.05, 0) is 0 Å². The van der Waals surface area contributed by atoms with E-state index >= 15 is 0 Å². The molecule has 0 aromatic carbocycles. The van der Waals surface area contributed by atoms with Crippen molar-refractivity contribution in [3.8, 4) is 0 Å². The minimum Gasteiger partial charge on any atom is -0.462 e. The van der Waals surface area contributed by atoms with E-state index in [1.807, 2.05) is 5.32 Å². The summed E-state index contributed by atoms with van der Waals surface area (Å²) < 4.78 is 4.16. The lowest BCUT2D eigenvalue weighted by atomic mass is 10.3. The molecule has 0 aliphatic carbocycles. The third-order valence-electron chi connectivity index (χ3n) is 1.60. The van der Waals surface area contributed by atoms with E-state index in [2.05, 4.69) is 4.74 Å². The molecule has 1 heterocycles. The number of nitrogens with one attached hydrogen (secondary N) is 1. The standard InChI is InChI=1S/C7H8N2O5/c1-14-7(13)6(12)9-2-4(10)8-5(11)3-9/h2-3H2,1H3,(H,8,10,11). The minimum absolute atomic E-state index is 0.306. The van der Waals surface area contributed by atoms with Gasteiger partial charge in [-0.3, -0.25) is 19.7 Å². The normalized spacial score (nSPS) is 16.2. The zero-order chi connectivity index (χ0) is 10.7. The van der Waals surface area contributed by atoms with Crippen LogP contribution in [-0.4, -0.2) is 48.8 Å². The van der Waals surface area contributed by atoms with Gasteiger partial charge < -0.3 is 9.64 Å². The Balaban J connectivity index is 2.68. The second kappa shape index (κ2) is 3.86. The summed E-state index contributed by atoms with van der Waals surface area (Å²) in [5, 5.41) is 2.00. The van der Waals surface area contributed by atoms with Crippen molar-refractivity contribution < 1.29 is 23.9 Å². The maximum absolute atomic E-state index is 11.1. The molecule has 1 aliphatic heterocycles. The van der Waals surface area contributed by atoms with Crippen LogP contribution in [0.25, 0.3) is 0 Å². The number of piperazine rings is 1. The molecule has 7 nitrogen and oxygen atoms in total. The van der Waals surface area contributed by atoms with Gasteiger partial charge in [0.2, 0.25) is 11.8 Å². The summed E-state index contributed by atoms with van der Waals surface area (Å²) in [6, 6.07) is 0. The average Bonchev–Trinajstić information content (AvgIpc) is 2.14. The maximum Gasteiger partial charge on any atom is 0.396 e. The Hall–Kier alpha value is -1.92. The van der Waals surface area contributed by atoms with E-state index in [1.165, 1.54) is 0 Å². The SMILES string of the molecule is COC(=O)C(=O)N1CC(=O)NC(=O)C1. The molecule has 76 valence electrons. The monoisotopic (exact) mass is 200 g/mol. The molecule has 3 amide bonds. The van der Waals surface area contributed by atoms with Crippen LogP contribution in [0.3, 0.4) is 0 Å². The fraction of sp³-hybridized carbons (Fsp3) is 0.429. The summed E-state index contributed by atoms with van der Waals surface area (Å²) in [4.78, 5) is 44.4. The Labute approximate surface area is 79.0 Å². The quantitative estimate of drug-likeness (QED) is 0.268. The number of nitrogens with zero attached hydrogens (tertiary/aromatic N) is 1. The first-order valence-corrected chi connectivity index (χ1v) is 3.74. The predicted molar refractivity (Wildman–Crippen MR) is 41.7 cm³/mol. The fourth-order valence-electron chi connectivity index (χ4n) is 0.997. The molecule has 7 heteroatoms. The van der Waals surface area contributed by atoms with E-state index in [-0.39, 0.29) is 13.1 Å². The van der Waals surface area contributed by atoms with Crippen LogP contribution in [-0.2, 0) is 23.9 Å². The molecule has 0 saturated carbocycles. The molecule has 0 atom stereocenters. The highest BCUT2D eigenvalue weighted by atomic mass is 16.5.